The molecule has 1 rings (SSSR count). The van der Waals surface area contributed by atoms with E-state index in [4.69, 9.17) is 9.84 Å². The van der Waals surface area contributed by atoms with Gasteiger partial charge in [0.15, 0.2) is 11.5 Å². The first kappa shape index (κ1) is 15.3. The summed E-state index contributed by atoms with van der Waals surface area (Å²) in [5.74, 6) is -0.760. The Bertz CT molecular complexity index is 415. The molecule has 4 nitrogen and oxygen atoms in total. The van der Waals surface area contributed by atoms with E-state index in [0.717, 1.165) is 25.7 Å². The molecule has 0 aliphatic heterocycles. The highest BCUT2D eigenvalue weighted by Gasteiger charge is 2.15. The summed E-state index contributed by atoms with van der Waals surface area (Å²) < 4.78 is 5.56. The fourth-order valence-corrected chi connectivity index (χ4v) is 1.92. The summed E-state index contributed by atoms with van der Waals surface area (Å²) in [6, 6.07) is 4.53. The van der Waals surface area contributed by atoms with Crippen LogP contribution in [0, 0.1) is 5.92 Å². The molecule has 0 saturated heterocycles. The molecule has 0 spiro atoms. The smallest absolute Gasteiger partial charge is 0.339 e. The van der Waals surface area contributed by atoms with Crippen molar-refractivity contribution in [3.8, 4) is 11.5 Å². The quantitative estimate of drug-likeness (QED) is 0.753. The number of carboxylic acids is 1. The topological polar surface area (TPSA) is 66.8 Å². The summed E-state index contributed by atoms with van der Waals surface area (Å²) in [6.45, 7) is 4.76. The number of hydrogen-bond acceptors (Lipinski definition) is 3. The van der Waals surface area contributed by atoms with E-state index < -0.39 is 5.97 Å². The Labute approximate surface area is 114 Å². The second kappa shape index (κ2) is 7.67. The lowest BCUT2D eigenvalue weighted by Crippen LogP contribution is -2.11. The van der Waals surface area contributed by atoms with Crippen molar-refractivity contribution in [1.29, 1.82) is 0 Å². The van der Waals surface area contributed by atoms with Crippen LogP contribution in [0.2, 0.25) is 0 Å². The van der Waals surface area contributed by atoms with Gasteiger partial charge in [0, 0.05) is 0 Å². The largest absolute Gasteiger partial charge is 0.504 e. The van der Waals surface area contributed by atoms with Crippen LogP contribution in [-0.2, 0) is 0 Å². The van der Waals surface area contributed by atoms with Crippen LogP contribution >= 0.6 is 0 Å². The molecule has 0 aliphatic carbocycles. The fourth-order valence-electron chi connectivity index (χ4n) is 1.92. The Kier molecular flexibility index (Phi) is 6.19. The lowest BCUT2D eigenvalue weighted by molar-refractivity contribution is 0.0692. The molecule has 0 heterocycles. The molecule has 0 fully saturated rings. The van der Waals surface area contributed by atoms with Crippen molar-refractivity contribution in [3.63, 3.8) is 0 Å². The summed E-state index contributed by atoms with van der Waals surface area (Å²) in [5, 5.41) is 18.7. The number of aromatic hydroxyl groups is 1. The van der Waals surface area contributed by atoms with Crippen LogP contribution in [0.4, 0.5) is 0 Å². The Morgan fingerprint density at radius 1 is 1.37 bits per heavy atom. The minimum Gasteiger partial charge on any atom is -0.504 e. The Morgan fingerprint density at radius 3 is 2.68 bits per heavy atom. The predicted molar refractivity (Wildman–Crippen MR) is 73.9 cm³/mol. The molecular formula is C15H22O4. The lowest BCUT2D eigenvalue weighted by Gasteiger charge is -2.16. The van der Waals surface area contributed by atoms with Gasteiger partial charge in [0.1, 0.15) is 5.56 Å². The standard InChI is InChI=1S/C15H22O4/c1-3-5-7-11(4-2)10-19-13-9-6-8-12(14(13)16)15(17)18/h6,8-9,11,16H,3-5,7,10H2,1-2H3,(H,17,18). The molecule has 4 heteroatoms. The molecule has 0 amide bonds. The number of unbranched alkanes of at least 4 members (excludes halogenated alkanes) is 1. The van der Waals surface area contributed by atoms with Crippen LogP contribution in [0.25, 0.3) is 0 Å². The van der Waals surface area contributed by atoms with Crippen LogP contribution in [-0.4, -0.2) is 22.8 Å². The molecule has 1 unspecified atom stereocenters. The van der Waals surface area contributed by atoms with Crippen LogP contribution < -0.4 is 4.74 Å². The molecule has 0 saturated carbocycles. The number of hydrogen-bond donors (Lipinski definition) is 2. The minimum absolute atomic E-state index is 0.126. The Hall–Kier alpha value is -1.71. The van der Waals surface area contributed by atoms with Crippen LogP contribution in [0.5, 0.6) is 11.5 Å². The summed E-state index contributed by atoms with van der Waals surface area (Å²) in [5.41, 5.74) is -0.126. The highest BCUT2D eigenvalue weighted by Crippen LogP contribution is 2.30. The van der Waals surface area contributed by atoms with E-state index >= 15 is 0 Å². The van der Waals surface area contributed by atoms with Crippen molar-refractivity contribution in [2.75, 3.05) is 6.61 Å². The molecule has 0 aliphatic rings. The first-order valence-corrected chi connectivity index (χ1v) is 6.78. The maximum absolute atomic E-state index is 10.9. The second-order valence-electron chi connectivity index (χ2n) is 4.68. The Morgan fingerprint density at radius 2 is 2.11 bits per heavy atom. The zero-order valence-corrected chi connectivity index (χ0v) is 11.6. The number of carbonyl (C=O) groups is 1. The third kappa shape index (κ3) is 4.47. The zero-order chi connectivity index (χ0) is 14.3. The summed E-state index contributed by atoms with van der Waals surface area (Å²) in [4.78, 5) is 10.9. The molecule has 0 aromatic heterocycles. The number of carboxylic acid groups (broad SMARTS) is 1. The van der Waals surface area contributed by atoms with E-state index in [2.05, 4.69) is 13.8 Å². The monoisotopic (exact) mass is 266 g/mol. The van der Waals surface area contributed by atoms with Gasteiger partial charge in [0.05, 0.1) is 6.61 Å². The number of para-hydroxylation sites is 1. The van der Waals surface area contributed by atoms with Crippen molar-refractivity contribution < 1.29 is 19.7 Å². The van der Waals surface area contributed by atoms with E-state index in [1.807, 2.05) is 0 Å². The average molecular weight is 266 g/mol. The lowest BCUT2D eigenvalue weighted by atomic mass is 10.0. The van der Waals surface area contributed by atoms with Gasteiger partial charge in [-0.15, -0.1) is 0 Å². The molecule has 1 aromatic rings. The summed E-state index contributed by atoms with van der Waals surface area (Å²) in [7, 11) is 0. The van der Waals surface area contributed by atoms with Gasteiger partial charge in [-0.25, -0.2) is 4.79 Å². The number of aromatic carboxylic acids is 1. The van der Waals surface area contributed by atoms with E-state index in [9.17, 15) is 9.90 Å². The van der Waals surface area contributed by atoms with Gasteiger partial charge in [-0.05, 0) is 24.5 Å². The normalized spacial score (nSPS) is 12.1. The van der Waals surface area contributed by atoms with Gasteiger partial charge in [0.2, 0.25) is 0 Å². The summed E-state index contributed by atoms with van der Waals surface area (Å²) in [6.07, 6.45) is 4.41. The molecule has 19 heavy (non-hydrogen) atoms. The van der Waals surface area contributed by atoms with E-state index in [0.29, 0.717) is 12.5 Å². The van der Waals surface area contributed by atoms with Crippen molar-refractivity contribution >= 4 is 5.97 Å². The van der Waals surface area contributed by atoms with Crippen LogP contribution in [0.3, 0.4) is 0 Å². The number of rotatable bonds is 8. The van der Waals surface area contributed by atoms with Crippen molar-refractivity contribution in [2.45, 2.75) is 39.5 Å². The highest BCUT2D eigenvalue weighted by atomic mass is 16.5. The average Bonchev–Trinajstić information content (AvgIpc) is 2.40. The van der Waals surface area contributed by atoms with Gasteiger partial charge < -0.3 is 14.9 Å². The molecule has 0 radical (unpaired) electrons. The predicted octanol–water partition coefficient (Wildman–Crippen LogP) is 3.69. The second-order valence-corrected chi connectivity index (χ2v) is 4.68. The third-order valence-electron chi connectivity index (χ3n) is 3.25. The van der Waals surface area contributed by atoms with E-state index in [-0.39, 0.29) is 17.1 Å². The van der Waals surface area contributed by atoms with Crippen molar-refractivity contribution in [1.82, 2.24) is 0 Å². The first-order valence-electron chi connectivity index (χ1n) is 6.78. The van der Waals surface area contributed by atoms with E-state index in [1.54, 1.807) is 12.1 Å². The minimum atomic E-state index is -1.15. The molecular weight excluding hydrogens is 244 g/mol. The van der Waals surface area contributed by atoms with Crippen LogP contribution in [0.1, 0.15) is 49.9 Å². The van der Waals surface area contributed by atoms with Gasteiger partial charge in [-0.1, -0.05) is 39.2 Å². The molecule has 1 aromatic carbocycles. The molecule has 0 bridgehead atoms. The number of benzene rings is 1. The maximum Gasteiger partial charge on any atom is 0.339 e. The molecule has 106 valence electrons. The Balaban J connectivity index is 2.66. The summed E-state index contributed by atoms with van der Waals surface area (Å²) >= 11 is 0. The van der Waals surface area contributed by atoms with Gasteiger partial charge in [-0.2, -0.15) is 0 Å². The highest BCUT2D eigenvalue weighted by molar-refractivity contribution is 5.91. The fraction of sp³-hybridized carbons (Fsp3) is 0.533. The first-order chi connectivity index (χ1) is 9.10. The zero-order valence-electron chi connectivity index (χ0n) is 11.6. The SMILES string of the molecule is CCCCC(CC)COc1cccc(C(=O)O)c1O. The number of phenols is 1. The van der Waals surface area contributed by atoms with Crippen molar-refractivity contribution in [2.24, 2.45) is 5.92 Å². The molecule has 2 N–H and O–H groups in total. The maximum atomic E-state index is 10.9. The van der Waals surface area contributed by atoms with Gasteiger partial charge in [0.25, 0.3) is 0 Å². The van der Waals surface area contributed by atoms with Crippen LogP contribution in [0.15, 0.2) is 18.2 Å². The number of ether oxygens (including phenoxy) is 1. The van der Waals surface area contributed by atoms with E-state index in [1.165, 1.54) is 6.07 Å². The van der Waals surface area contributed by atoms with Crippen molar-refractivity contribution in [3.05, 3.63) is 23.8 Å². The van der Waals surface area contributed by atoms with Gasteiger partial charge >= 0.3 is 5.97 Å². The third-order valence-corrected chi connectivity index (χ3v) is 3.25. The molecule has 1 atom stereocenters. The van der Waals surface area contributed by atoms with Gasteiger partial charge in [-0.3, -0.25) is 0 Å².